The van der Waals surface area contributed by atoms with Crippen LogP contribution >= 0.6 is 0 Å². The lowest BCUT2D eigenvalue weighted by Gasteiger charge is -2.35. The lowest BCUT2D eigenvalue weighted by molar-refractivity contribution is -0.182. The minimum Gasteiger partial charge on any atom is -0.364 e. The summed E-state index contributed by atoms with van der Waals surface area (Å²) in [6.45, 7) is 0.332. The lowest BCUT2D eigenvalue weighted by atomic mass is 10.2. The molecule has 4 N–H and O–H groups in total. The van der Waals surface area contributed by atoms with Crippen LogP contribution in [0.2, 0.25) is 0 Å². The Kier molecular flexibility index (Phi) is 5.76. The van der Waals surface area contributed by atoms with Gasteiger partial charge in [0.15, 0.2) is 0 Å². The highest BCUT2D eigenvalue weighted by molar-refractivity contribution is 7.89. The number of aromatic nitrogens is 1. The zero-order valence-electron chi connectivity index (χ0n) is 13.5. The smallest absolute Gasteiger partial charge is 0.364 e. The molecule has 1 amide bonds. The van der Waals surface area contributed by atoms with E-state index >= 15 is 0 Å². The molecule has 12 heteroatoms. The van der Waals surface area contributed by atoms with Gasteiger partial charge in [0, 0.05) is 46.0 Å². The molecule has 25 heavy (non-hydrogen) atoms. The summed E-state index contributed by atoms with van der Waals surface area (Å²) < 4.78 is 67.6. The van der Waals surface area contributed by atoms with E-state index < -0.39 is 34.7 Å². The number of sulfonamides is 1. The number of hydrogen-bond donors (Lipinski definition) is 3. The molecule has 0 bridgehead atoms. The molecule has 1 atom stereocenters. The summed E-state index contributed by atoms with van der Waals surface area (Å²) in [4.78, 5) is 12.1. The summed E-state index contributed by atoms with van der Waals surface area (Å²) in [5.41, 5.74) is 5.05. The molecule has 1 aromatic rings. The number of rotatable bonds is 6. The van der Waals surface area contributed by atoms with E-state index in [1.165, 1.54) is 16.5 Å². The van der Waals surface area contributed by atoms with Crippen molar-refractivity contribution in [3.63, 3.8) is 0 Å². The maximum absolute atomic E-state index is 13.3. The molecule has 1 fully saturated rings. The third kappa shape index (κ3) is 4.71. The van der Waals surface area contributed by atoms with Crippen LogP contribution in [0, 0.1) is 0 Å². The highest BCUT2D eigenvalue weighted by atomic mass is 32.2. The summed E-state index contributed by atoms with van der Waals surface area (Å²) in [6.07, 6.45) is -3.45. The standard InChI is InChI=1S/C13H20F3N5O3S/c1-20-8-9(6-10(20)12(17)22)25(23,24)19-7-11(13(14,15)16)21-4-2-18-3-5-21/h6,8,11,18-19H,2-5,7H2,1H3,(H2,17,22). The summed E-state index contributed by atoms with van der Waals surface area (Å²) in [6, 6.07) is -0.901. The molecule has 0 saturated carbocycles. The molecule has 1 aromatic heterocycles. The Balaban J connectivity index is 2.15. The fourth-order valence-electron chi connectivity index (χ4n) is 2.64. The Morgan fingerprint density at radius 1 is 1.40 bits per heavy atom. The SMILES string of the molecule is Cn1cc(S(=O)(=O)NCC(N2CCNCC2)C(F)(F)F)cc1C(N)=O. The van der Waals surface area contributed by atoms with Crippen molar-refractivity contribution >= 4 is 15.9 Å². The number of carbonyl (C=O) groups is 1. The average Bonchev–Trinajstić information content (AvgIpc) is 2.90. The molecule has 8 nitrogen and oxygen atoms in total. The van der Waals surface area contributed by atoms with Crippen LogP contribution < -0.4 is 15.8 Å². The summed E-state index contributed by atoms with van der Waals surface area (Å²) in [5, 5.41) is 2.94. The van der Waals surface area contributed by atoms with Crippen molar-refractivity contribution in [3.05, 3.63) is 18.0 Å². The van der Waals surface area contributed by atoms with E-state index in [4.69, 9.17) is 5.73 Å². The van der Waals surface area contributed by atoms with Gasteiger partial charge in [0.2, 0.25) is 10.0 Å². The first-order valence-corrected chi connectivity index (χ1v) is 8.98. The molecule has 1 unspecified atom stereocenters. The summed E-state index contributed by atoms with van der Waals surface area (Å²) in [7, 11) is -2.80. The molecule has 2 heterocycles. The minimum atomic E-state index is -4.57. The molecular weight excluding hydrogens is 363 g/mol. The number of halogens is 3. The van der Waals surface area contributed by atoms with Crippen molar-refractivity contribution in [1.29, 1.82) is 0 Å². The van der Waals surface area contributed by atoms with E-state index in [2.05, 4.69) is 5.32 Å². The van der Waals surface area contributed by atoms with Crippen molar-refractivity contribution in [2.75, 3.05) is 32.7 Å². The Labute approximate surface area is 143 Å². The van der Waals surface area contributed by atoms with Gasteiger partial charge >= 0.3 is 6.18 Å². The number of primary amides is 1. The van der Waals surface area contributed by atoms with Gasteiger partial charge in [0.1, 0.15) is 16.6 Å². The van der Waals surface area contributed by atoms with E-state index in [1.54, 1.807) is 0 Å². The molecule has 0 spiro atoms. The van der Waals surface area contributed by atoms with Crippen LogP contribution in [0.15, 0.2) is 17.2 Å². The maximum atomic E-state index is 13.3. The molecule has 142 valence electrons. The highest BCUT2D eigenvalue weighted by Gasteiger charge is 2.44. The number of amides is 1. The predicted molar refractivity (Wildman–Crippen MR) is 83.4 cm³/mol. The highest BCUT2D eigenvalue weighted by Crippen LogP contribution is 2.25. The first-order chi connectivity index (χ1) is 11.5. The molecule has 0 aliphatic carbocycles. The number of nitrogens with two attached hydrogens (primary N) is 1. The zero-order valence-corrected chi connectivity index (χ0v) is 14.3. The van der Waals surface area contributed by atoms with E-state index in [0.717, 1.165) is 12.3 Å². The molecule has 1 saturated heterocycles. The Bertz CT molecular complexity index is 726. The Morgan fingerprint density at radius 2 is 2.00 bits per heavy atom. The molecular formula is C13H20F3N5O3S. The number of aryl methyl sites for hydroxylation is 1. The number of nitrogens with zero attached hydrogens (tertiary/aromatic N) is 2. The van der Waals surface area contributed by atoms with Gasteiger partial charge in [-0.15, -0.1) is 0 Å². The Morgan fingerprint density at radius 3 is 2.48 bits per heavy atom. The van der Waals surface area contributed by atoms with Crippen molar-refractivity contribution in [2.45, 2.75) is 17.1 Å². The predicted octanol–water partition coefficient (Wildman–Crippen LogP) is -0.762. The second-order valence-corrected chi connectivity index (χ2v) is 7.50. The van der Waals surface area contributed by atoms with Gasteiger partial charge in [0.05, 0.1) is 0 Å². The van der Waals surface area contributed by atoms with Crippen LogP contribution in [0.4, 0.5) is 13.2 Å². The van der Waals surface area contributed by atoms with Gasteiger partial charge in [-0.25, -0.2) is 13.1 Å². The van der Waals surface area contributed by atoms with Crippen molar-refractivity contribution < 1.29 is 26.4 Å². The van der Waals surface area contributed by atoms with E-state index in [-0.39, 0.29) is 23.7 Å². The van der Waals surface area contributed by atoms with Gasteiger partial charge in [-0.2, -0.15) is 13.2 Å². The molecule has 1 aliphatic heterocycles. The van der Waals surface area contributed by atoms with Crippen molar-refractivity contribution in [3.8, 4) is 0 Å². The average molecular weight is 383 g/mol. The summed E-state index contributed by atoms with van der Waals surface area (Å²) in [5.74, 6) is -0.835. The van der Waals surface area contributed by atoms with Crippen LogP contribution in [0.1, 0.15) is 10.5 Å². The van der Waals surface area contributed by atoms with Crippen molar-refractivity contribution in [2.24, 2.45) is 12.8 Å². The monoisotopic (exact) mass is 383 g/mol. The molecule has 0 aromatic carbocycles. The van der Waals surface area contributed by atoms with Gasteiger partial charge < -0.3 is 15.6 Å². The first kappa shape index (κ1) is 19.7. The number of alkyl halides is 3. The van der Waals surface area contributed by atoms with Crippen LogP contribution in [0.3, 0.4) is 0 Å². The lowest BCUT2D eigenvalue weighted by Crippen LogP contribution is -2.57. The molecule has 2 rings (SSSR count). The van der Waals surface area contributed by atoms with Gasteiger partial charge in [0.25, 0.3) is 5.91 Å². The third-order valence-electron chi connectivity index (χ3n) is 3.98. The van der Waals surface area contributed by atoms with Crippen LogP contribution in [-0.2, 0) is 17.1 Å². The number of nitrogens with one attached hydrogen (secondary N) is 2. The topological polar surface area (TPSA) is 109 Å². The fraction of sp³-hybridized carbons (Fsp3) is 0.615. The normalized spacial score (nSPS) is 18.2. The van der Waals surface area contributed by atoms with E-state index in [9.17, 15) is 26.4 Å². The first-order valence-electron chi connectivity index (χ1n) is 7.49. The zero-order chi connectivity index (χ0) is 18.8. The second kappa shape index (κ2) is 7.32. The van der Waals surface area contributed by atoms with Gasteiger partial charge in [-0.3, -0.25) is 9.69 Å². The third-order valence-corrected chi connectivity index (χ3v) is 5.37. The van der Waals surface area contributed by atoms with E-state index in [0.29, 0.717) is 13.1 Å². The molecule has 1 aliphatic rings. The van der Waals surface area contributed by atoms with Crippen molar-refractivity contribution in [1.82, 2.24) is 19.5 Å². The van der Waals surface area contributed by atoms with Crippen LogP contribution in [0.25, 0.3) is 0 Å². The quantitative estimate of drug-likeness (QED) is 0.598. The fourth-order valence-corrected chi connectivity index (χ4v) is 3.75. The maximum Gasteiger partial charge on any atom is 0.405 e. The number of carbonyl (C=O) groups excluding carboxylic acids is 1. The largest absolute Gasteiger partial charge is 0.405 e. The Hall–Kier alpha value is -1.63. The van der Waals surface area contributed by atoms with Crippen LogP contribution in [0.5, 0.6) is 0 Å². The van der Waals surface area contributed by atoms with Gasteiger partial charge in [-0.05, 0) is 6.07 Å². The molecule has 0 radical (unpaired) electrons. The number of hydrogen-bond acceptors (Lipinski definition) is 5. The number of piperazine rings is 1. The summed E-state index contributed by atoms with van der Waals surface area (Å²) >= 11 is 0. The minimum absolute atomic E-state index is 0.0603. The van der Waals surface area contributed by atoms with Crippen LogP contribution in [-0.4, -0.2) is 68.7 Å². The second-order valence-electron chi connectivity index (χ2n) is 5.73. The van der Waals surface area contributed by atoms with Gasteiger partial charge in [-0.1, -0.05) is 0 Å². The van der Waals surface area contributed by atoms with E-state index in [1.807, 2.05) is 4.72 Å².